The smallest absolute Gasteiger partial charge is 0.0876 e. The summed E-state index contributed by atoms with van der Waals surface area (Å²) in [5.41, 5.74) is 7.34. The maximum atomic E-state index is 6.36. The van der Waals surface area contributed by atoms with Crippen LogP contribution in [0.3, 0.4) is 0 Å². The van der Waals surface area contributed by atoms with E-state index < -0.39 is 0 Å². The van der Waals surface area contributed by atoms with Crippen molar-refractivity contribution in [1.82, 2.24) is 0 Å². The Balaban J connectivity index is 2.80. The largest absolute Gasteiger partial charge is 0.501 e. The van der Waals surface area contributed by atoms with Crippen molar-refractivity contribution in [2.24, 2.45) is 5.73 Å². The fraction of sp³-hybridized carbons (Fsp3) is 0.846. The first kappa shape index (κ1) is 13.5. The van der Waals surface area contributed by atoms with Gasteiger partial charge in [-0.15, -0.1) is 0 Å². The molecule has 94 valence electrons. The van der Waals surface area contributed by atoms with E-state index >= 15 is 0 Å². The Hall–Kier alpha value is -0.540. The molecule has 2 N–H and O–H groups in total. The summed E-state index contributed by atoms with van der Waals surface area (Å²) in [7, 11) is 0. The number of hydrogen-bond donors (Lipinski definition) is 1. The van der Waals surface area contributed by atoms with Crippen molar-refractivity contribution in [2.45, 2.75) is 58.1 Å². The second kappa shape index (κ2) is 6.26. The lowest BCUT2D eigenvalue weighted by Gasteiger charge is -2.39. The highest BCUT2D eigenvalue weighted by molar-refractivity contribution is 5.16. The van der Waals surface area contributed by atoms with E-state index in [-0.39, 0.29) is 11.6 Å². The lowest BCUT2D eigenvalue weighted by molar-refractivity contribution is -0.0576. The molecule has 16 heavy (non-hydrogen) atoms. The van der Waals surface area contributed by atoms with Crippen molar-refractivity contribution in [3.8, 4) is 0 Å². The van der Waals surface area contributed by atoms with Crippen molar-refractivity contribution in [3.63, 3.8) is 0 Å². The second-order valence-corrected chi connectivity index (χ2v) is 4.35. The Labute approximate surface area is 99.0 Å². The zero-order chi connectivity index (χ0) is 12.0. The molecule has 1 aliphatic rings. The van der Waals surface area contributed by atoms with Crippen molar-refractivity contribution in [3.05, 3.63) is 11.8 Å². The van der Waals surface area contributed by atoms with Gasteiger partial charge in [0.2, 0.25) is 0 Å². The number of nitrogens with two attached hydrogens (primary N) is 1. The molecule has 3 heteroatoms. The number of ether oxygens (including phenoxy) is 2. The molecular weight excluding hydrogens is 202 g/mol. The number of hydrogen-bond acceptors (Lipinski definition) is 3. The third-order valence-electron chi connectivity index (χ3n) is 3.56. The molecule has 0 bridgehead atoms. The van der Waals surface area contributed by atoms with Crippen LogP contribution in [-0.2, 0) is 9.47 Å². The molecule has 0 radical (unpaired) electrons. The molecule has 3 nitrogen and oxygen atoms in total. The van der Waals surface area contributed by atoms with Gasteiger partial charge < -0.3 is 15.2 Å². The lowest BCUT2D eigenvalue weighted by atomic mass is 9.83. The molecule has 1 heterocycles. The fourth-order valence-electron chi connectivity index (χ4n) is 2.42. The molecule has 0 aromatic heterocycles. The predicted molar refractivity (Wildman–Crippen MR) is 66.2 cm³/mol. The summed E-state index contributed by atoms with van der Waals surface area (Å²) in [4.78, 5) is 0. The molecule has 0 saturated carbocycles. The molecule has 0 saturated heterocycles. The van der Waals surface area contributed by atoms with Crippen LogP contribution in [-0.4, -0.2) is 24.9 Å². The van der Waals surface area contributed by atoms with Gasteiger partial charge in [0.15, 0.2) is 0 Å². The van der Waals surface area contributed by atoms with Crippen molar-refractivity contribution < 1.29 is 9.47 Å². The maximum absolute atomic E-state index is 6.36. The minimum atomic E-state index is -0.221. The summed E-state index contributed by atoms with van der Waals surface area (Å²) in [6, 6.07) is -0.0391. The summed E-state index contributed by atoms with van der Waals surface area (Å²) in [5, 5.41) is 0. The Kier molecular flexibility index (Phi) is 5.29. The molecule has 0 aromatic carbocycles. The van der Waals surface area contributed by atoms with Gasteiger partial charge in [-0.25, -0.2) is 0 Å². The highest BCUT2D eigenvalue weighted by atomic mass is 16.5. The van der Waals surface area contributed by atoms with Crippen molar-refractivity contribution >= 4 is 0 Å². The maximum Gasteiger partial charge on any atom is 0.0876 e. The highest BCUT2D eigenvalue weighted by Crippen LogP contribution is 2.30. The summed E-state index contributed by atoms with van der Waals surface area (Å²) in [6.45, 7) is 7.84. The Morgan fingerprint density at radius 2 is 2.12 bits per heavy atom. The van der Waals surface area contributed by atoms with Crippen LogP contribution in [0, 0.1) is 0 Å². The molecule has 0 aromatic rings. The topological polar surface area (TPSA) is 44.5 Å². The van der Waals surface area contributed by atoms with Crippen LogP contribution < -0.4 is 5.73 Å². The van der Waals surface area contributed by atoms with Crippen LogP contribution in [0.15, 0.2) is 11.8 Å². The van der Waals surface area contributed by atoms with Gasteiger partial charge in [-0.05, 0) is 38.2 Å². The van der Waals surface area contributed by atoms with Crippen molar-refractivity contribution in [1.29, 1.82) is 0 Å². The average molecular weight is 227 g/mol. The minimum Gasteiger partial charge on any atom is -0.501 e. The van der Waals surface area contributed by atoms with Crippen LogP contribution in [0.2, 0.25) is 0 Å². The van der Waals surface area contributed by atoms with Gasteiger partial charge >= 0.3 is 0 Å². The molecule has 0 aliphatic carbocycles. The van der Waals surface area contributed by atoms with E-state index in [4.69, 9.17) is 15.2 Å². The molecule has 0 amide bonds. The normalized spacial score (nSPS) is 18.9. The van der Waals surface area contributed by atoms with E-state index in [1.807, 2.05) is 13.2 Å². The quantitative estimate of drug-likeness (QED) is 0.758. The van der Waals surface area contributed by atoms with E-state index in [1.165, 1.54) is 5.57 Å². The summed E-state index contributed by atoms with van der Waals surface area (Å²) in [5.74, 6) is 0. The third-order valence-corrected chi connectivity index (χ3v) is 3.56. The zero-order valence-electron chi connectivity index (χ0n) is 10.8. The molecule has 1 atom stereocenters. The zero-order valence-corrected chi connectivity index (χ0v) is 10.8. The second-order valence-electron chi connectivity index (χ2n) is 4.35. The van der Waals surface area contributed by atoms with Crippen LogP contribution in [0.1, 0.15) is 46.5 Å². The van der Waals surface area contributed by atoms with Crippen LogP contribution in [0.4, 0.5) is 0 Å². The monoisotopic (exact) mass is 227 g/mol. The summed E-state index contributed by atoms with van der Waals surface area (Å²) >= 11 is 0. The van der Waals surface area contributed by atoms with E-state index in [9.17, 15) is 0 Å². The molecule has 1 aliphatic heterocycles. The highest BCUT2D eigenvalue weighted by Gasteiger charge is 2.36. The van der Waals surface area contributed by atoms with Gasteiger partial charge in [-0.1, -0.05) is 13.8 Å². The first-order valence-electron chi connectivity index (χ1n) is 6.40. The third kappa shape index (κ3) is 2.77. The summed E-state index contributed by atoms with van der Waals surface area (Å²) in [6.07, 6.45) is 5.82. The van der Waals surface area contributed by atoms with E-state index in [0.717, 1.165) is 32.3 Å². The molecule has 1 unspecified atom stereocenters. The SMILES string of the molecule is CCOC(CC)(CC)C(N)C1=COCCC1. The average Bonchev–Trinajstić information content (AvgIpc) is 2.36. The van der Waals surface area contributed by atoms with Gasteiger partial charge in [0.25, 0.3) is 0 Å². The van der Waals surface area contributed by atoms with Gasteiger partial charge in [-0.2, -0.15) is 0 Å². The molecule has 0 spiro atoms. The van der Waals surface area contributed by atoms with Crippen molar-refractivity contribution in [2.75, 3.05) is 13.2 Å². The molecule has 1 rings (SSSR count). The Morgan fingerprint density at radius 1 is 1.44 bits per heavy atom. The molecular formula is C13H25NO2. The van der Waals surface area contributed by atoms with Crippen LogP contribution in [0.5, 0.6) is 0 Å². The standard InChI is InChI=1S/C13H25NO2/c1-4-13(5-2,16-6-3)12(14)11-8-7-9-15-10-11/h10,12H,4-9,14H2,1-3H3. The predicted octanol–water partition coefficient (Wildman–Crippen LogP) is 2.60. The Bertz CT molecular complexity index is 234. The first-order chi connectivity index (χ1) is 7.70. The van der Waals surface area contributed by atoms with Gasteiger partial charge in [-0.3, -0.25) is 0 Å². The van der Waals surface area contributed by atoms with Gasteiger partial charge in [0.1, 0.15) is 0 Å². The molecule has 0 fully saturated rings. The Morgan fingerprint density at radius 3 is 2.56 bits per heavy atom. The summed E-state index contributed by atoms with van der Waals surface area (Å²) < 4.78 is 11.3. The van der Waals surface area contributed by atoms with E-state index in [1.54, 1.807) is 0 Å². The number of rotatable bonds is 6. The minimum absolute atomic E-state index is 0.0391. The van der Waals surface area contributed by atoms with Gasteiger partial charge in [0, 0.05) is 6.61 Å². The van der Waals surface area contributed by atoms with Crippen LogP contribution in [0.25, 0.3) is 0 Å². The van der Waals surface area contributed by atoms with E-state index in [0.29, 0.717) is 6.61 Å². The van der Waals surface area contributed by atoms with E-state index in [2.05, 4.69) is 13.8 Å². The van der Waals surface area contributed by atoms with Crippen LogP contribution >= 0.6 is 0 Å². The lowest BCUT2D eigenvalue weighted by Crippen LogP contribution is -2.50. The van der Waals surface area contributed by atoms with Gasteiger partial charge in [0.05, 0.1) is 24.5 Å². The first-order valence-corrected chi connectivity index (χ1v) is 6.40. The fourth-order valence-corrected chi connectivity index (χ4v) is 2.42.